The minimum atomic E-state index is -1.08. The van der Waals surface area contributed by atoms with Crippen molar-refractivity contribution < 1.29 is 14.3 Å². The molecule has 3 N–H and O–H groups in total. The Hall–Kier alpha value is -2.70. The van der Waals surface area contributed by atoms with Gasteiger partial charge in [0.2, 0.25) is 0 Å². The molecule has 2 aromatic carbocycles. The van der Waals surface area contributed by atoms with Crippen LogP contribution in [0.25, 0.3) is 11.3 Å². The summed E-state index contributed by atoms with van der Waals surface area (Å²) in [7, 11) is 0. The normalized spacial score (nSPS) is 12.0. The van der Waals surface area contributed by atoms with Crippen LogP contribution >= 0.6 is 11.6 Å². The molecule has 0 bridgehead atoms. The molecule has 1 aromatic heterocycles. The number of aromatic amines is 1. The van der Waals surface area contributed by atoms with Crippen LogP contribution in [0.4, 0.5) is 4.39 Å². The molecule has 0 radical (unpaired) electrons. The van der Waals surface area contributed by atoms with Crippen LogP contribution in [-0.4, -0.2) is 27.8 Å². The number of amides is 1. The monoisotopic (exact) mass is 359 g/mol. The van der Waals surface area contributed by atoms with Crippen molar-refractivity contribution in [1.29, 1.82) is 0 Å². The number of halogens is 2. The second-order valence-corrected chi connectivity index (χ2v) is 5.89. The molecule has 1 atom stereocenters. The highest BCUT2D eigenvalue weighted by Gasteiger charge is 2.17. The van der Waals surface area contributed by atoms with Crippen molar-refractivity contribution in [2.75, 3.05) is 6.54 Å². The van der Waals surface area contributed by atoms with Gasteiger partial charge in [-0.1, -0.05) is 41.9 Å². The maximum absolute atomic E-state index is 13.4. The first kappa shape index (κ1) is 17.1. The Labute approximate surface area is 148 Å². The SMILES string of the molecule is O=C(NCC(O)c1cc(F)cc(Cl)c1)c1cn[nH]c1-c1ccccc1. The smallest absolute Gasteiger partial charge is 0.255 e. The molecule has 0 saturated heterocycles. The molecule has 1 heterocycles. The Morgan fingerprint density at radius 2 is 2.04 bits per heavy atom. The number of aliphatic hydroxyl groups excluding tert-OH is 1. The third kappa shape index (κ3) is 4.04. The number of carbonyl (C=O) groups is 1. The molecule has 128 valence electrons. The third-order valence-corrected chi connectivity index (χ3v) is 3.89. The zero-order valence-corrected chi connectivity index (χ0v) is 13.8. The number of hydrogen-bond donors (Lipinski definition) is 3. The summed E-state index contributed by atoms with van der Waals surface area (Å²) in [4.78, 5) is 12.4. The molecule has 7 heteroatoms. The second-order valence-electron chi connectivity index (χ2n) is 5.45. The predicted molar refractivity (Wildman–Crippen MR) is 92.7 cm³/mol. The van der Waals surface area contributed by atoms with Gasteiger partial charge in [0.05, 0.1) is 23.6 Å². The second kappa shape index (κ2) is 7.46. The molecule has 0 aliphatic rings. The van der Waals surface area contributed by atoms with Gasteiger partial charge in [-0.05, 0) is 23.8 Å². The standard InChI is InChI=1S/C18H15ClFN3O2/c19-13-6-12(7-14(20)8-13)16(24)10-21-18(25)15-9-22-23-17(15)11-4-2-1-3-5-11/h1-9,16,24H,10H2,(H,21,25)(H,22,23). The summed E-state index contributed by atoms with van der Waals surface area (Å²) >= 11 is 5.78. The van der Waals surface area contributed by atoms with Crippen molar-refractivity contribution in [2.45, 2.75) is 6.10 Å². The summed E-state index contributed by atoms with van der Waals surface area (Å²) in [6.07, 6.45) is 0.340. The molecule has 0 fully saturated rings. The van der Waals surface area contributed by atoms with E-state index in [-0.39, 0.29) is 11.6 Å². The van der Waals surface area contributed by atoms with Crippen LogP contribution in [0.5, 0.6) is 0 Å². The first-order chi connectivity index (χ1) is 12.0. The van der Waals surface area contributed by atoms with Crippen molar-refractivity contribution >= 4 is 17.5 Å². The van der Waals surface area contributed by atoms with Crippen LogP contribution in [0.3, 0.4) is 0 Å². The number of aromatic nitrogens is 2. The van der Waals surface area contributed by atoms with E-state index in [2.05, 4.69) is 15.5 Å². The van der Waals surface area contributed by atoms with Gasteiger partial charge in [-0.15, -0.1) is 0 Å². The number of H-pyrrole nitrogens is 1. The molecule has 1 unspecified atom stereocenters. The largest absolute Gasteiger partial charge is 0.387 e. The Kier molecular flexibility index (Phi) is 5.11. The van der Waals surface area contributed by atoms with Gasteiger partial charge in [0.25, 0.3) is 5.91 Å². The highest BCUT2D eigenvalue weighted by molar-refractivity contribution is 6.30. The average molecular weight is 360 g/mol. The summed E-state index contributed by atoms with van der Waals surface area (Å²) in [6.45, 7) is -0.0853. The summed E-state index contributed by atoms with van der Waals surface area (Å²) in [6, 6.07) is 13.1. The summed E-state index contributed by atoms with van der Waals surface area (Å²) < 4.78 is 13.4. The van der Waals surface area contributed by atoms with Gasteiger partial charge in [-0.2, -0.15) is 5.10 Å². The van der Waals surface area contributed by atoms with Crippen LogP contribution in [0.15, 0.2) is 54.7 Å². The van der Waals surface area contributed by atoms with Crippen molar-refractivity contribution in [3.8, 4) is 11.3 Å². The van der Waals surface area contributed by atoms with E-state index >= 15 is 0 Å². The Morgan fingerprint density at radius 1 is 1.28 bits per heavy atom. The molecule has 0 aliphatic carbocycles. The molecule has 5 nitrogen and oxygen atoms in total. The van der Waals surface area contributed by atoms with Crippen LogP contribution in [0.1, 0.15) is 22.0 Å². The minimum absolute atomic E-state index is 0.0853. The van der Waals surface area contributed by atoms with E-state index in [9.17, 15) is 14.3 Å². The van der Waals surface area contributed by atoms with Gasteiger partial charge in [0.1, 0.15) is 5.82 Å². The molecule has 3 aromatic rings. The molecular formula is C18H15ClFN3O2. The van der Waals surface area contributed by atoms with E-state index in [1.54, 1.807) is 0 Å². The van der Waals surface area contributed by atoms with Gasteiger partial charge >= 0.3 is 0 Å². The topological polar surface area (TPSA) is 78.0 Å². The summed E-state index contributed by atoms with van der Waals surface area (Å²) in [5, 5.41) is 19.6. The fraction of sp³-hybridized carbons (Fsp3) is 0.111. The molecule has 0 saturated carbocycles. The lowest BCUT2D eigenvalue weighted by molar-refractivity contribution is 0.0917. The first-order valence-electron chi connectivity index (χ1n) is 7.55. The summed E-state index contributed by atoms with van der Waals surface area (Å²) in [5.74, 6) is -0.941. The Balaban J connectivity index is 1.70. The number of rotatable bonds is 5. The van der Waals surface area contributed by atoms with Gasteiger partial charge in [0.15, 0.2) is 0 Å². The lowest BCUT2D eigenvalue weighted by atomic mass is 10.1. The van der Waals surface area contributed by atoms with E-state index in [0.717, 1.165) is 11.6 Å². The number of nitrogens with zero attached hydrogens (tertiary/aromatic N) is 1. The van der Waals surface area contributed by atoms with Crippen molar-refractivity contribution in [3.63, 3.8) is 0 Å². The minimum Gasteiger partial charge on any atom is -0.387 e. The zero-order valence-electron chi connectivity index (χ0n) is 13.0. The highest BCUT2D eigenvalue weighted by Crippen LogP contribution is 2.22. The number of nitrogens with one attached hydrogen (secondary N) is 2. The Morgan fingerprint density at radius 3 is 2.76 bits per heavy atom. The van der Waals surface area contributed by atoms with E-state index < -0.39 is 17.8 Å². The van der Waals surface area contributed by atoms with E-state index in [1.807, 2.05) is 30.3 Å². The fourth-order valence-corrected chi connectivity index (χ4v) is 2.68. The molecule has 3 rings (SSSR count). The van der Waals surface area contributed by atoms with E-state index in [1.165, 1.54) is 18.3 Å². The van der Waals surface area contributed by atoms with Gasteiger partial charge < -0.3 is 10.4 Å². The third-order valence-electron chi connectivity index (χ3n) is 3.67. The first-order valence-corrected chi connectivity index (χ1v) is 7.93. The van der Waals surface area contributed by atoms with Crippen molar-refractivity contribution in [3.05, 3.63) is 76.7 Å². The van der Waals surface area contributed by atoms with Crippen LogP contribution in [0.2, 0.25) is 5.02 Å². The van der Waals surface area contributed by atoms with Gasteiger partial charge in [-0.25, -0.2) is 4.39 Å². The quantitative estimate of drug-likeness (QED) is 0.654. The zero-order chi connectivity index (χ0) is 17.8. The maximum atomic E-state index is 13.4. The van der Waals surface area contributed by atoms with E-state index in [4.69, 9.17) is 11.6 Å². The lowest BCUT2D eigenvalue weighted by Gasteiger charge is -2.13. The Bertz CT molecular complexity index is 863. The molecule has 0 aliphatic heterocycles. The lowest BCUT2D eigenvalue weighted by Crippen LogP contribution is -2.28. The molecular weight excluding hydrogens is 345 g/mol. The fourth-order valence-electron chi connectivity index (χ4n) is 2.45. The van der Waals surface area contributed by atoms with Gasteiger partial charge in [0, 0.05) is 17.1 Å². The van der Waals surface area contributed by atoms with E-state index in [0.29, 0.717) is 16.8 Å². The van der Waals surface area contributed by atoms with Gasteiger partial charge in [-0.3, -0.25) is 9.89 Å². The van der Waals surface area contributed by atoms with Crippen LogP contribution in [0, 0.1) is 5.82 Å². The van der Waals surface area contributed by atoms with Crippen LogP contribution < -0.4 is 5.32 Å². The highest BCUT2D eigenvalue weighted by atomic mass is 35.5. The van der Waals surface area contributed by atoms with Crippen molar-refractivity contribution in [2.24, 2.45) is 0 Å². The molecule has 25 heavy (non-hydrogen) atoms. The number of carbonyl (C=O) groups excluding carboxylic acids is 1. The maximum Gasteiger partial charge on any atom is 0.255 e. The predicted octanol–water partition coefficient (Wildman–Crippen LogP) is 3.33. The molecule has 1 amide bonds. The summed E-state index contributed by atoms with van der Waals surface area (Å²) in [5.41, 5.74) is 2.06. The molecule has 0 spiro atoms. The number of benzene rings is 2. The number of aliphatic hydroxyl groups is 1. The number of hydrogen-bond acceptors (Lipinski definition) is 3. The van der Waals surface area contributed by atoms with Crippen molar-refractivity contribution in [1.82, 2.24) is 15.5 Å². The van der Waals surface area contributed by atoms with Crippen LogP contribution in [-0.2, 0) is 0 Å². The average Bonchev–Trinajstić information content (AvgIpc) is 3.09.